The zero-order valence-electron chi connectivity index (χ0n) is 25.1. The monoisotopic (exact) mass is 508 g/mol. The Labute approximate surface area is 227 Å². The molecule has 0 fully saturated rings. The Morgan fingerprint density at radius 1 is 0.639 bits per heavy atom. The normalized spacial score (nSPS) is 13.3. The molecule has 0 heterocycles. The summed E-state index contributed by atoms with van der Waals surface area (Å²) in [7, 11) is 3.83. The van der Waals surface area contributed by atoms with Crippen LogP contribution in [0.25, 0.3) is 0 Å². The van der Waals surface area contributed by atoms with Gasteiger partial charge in [-0.15, -0.1) is 0 Å². The number of nitrogens with zero attached hydrogens (tertiary/aromatic N) is 1. The second-order valence-corrected chi connectivity index (χ2v) is 11.1. The lowest BCUT2D eigenvalue weighted by atomic mass is 10.0. The maximum absolute atomic E-state index is 10.2. The molecular formula is C33H65NO2. The molecule has 36 heavy (non-hydrogen) atoms. The van der Waals surface area contributed by atoms with Gasteiger partial charge in [-0.2, -0.15) is 0 Å². The van der Waals surface area contributed by atoms with Crippen LogP contribution in [0.5, 0.6) is 0 Å². The van der Waals surface area contributed by atoms with Gasteiger partial charge in [-0.1, -0.05) is 122 Å². The first-order valence-electron chi connectivity index (χ1n) is 15.9. The Hall–Kier alpha value is -0.640. The van der Waals surface area contributed by atoms with Crippen LogP contribution < -0.4 is 0 Å². The third-order valence-corrected chi connectivity index (χ3v) is 7.10. The van der Waals surface area contributed by atoms with Gasteiger partial charge in [0.05, 0.1) is 6.61 Å². The third kappa shape index (κ3) is 26.4. The second kappa shape index (κ2) is 28.9. The highest BCUT2D eigenvalue weighted by Gasteiger charge is 2.06. The van der Waals surface area contributed by atoms with Crippen molar-refractivity contribution in [1.82, 2.24) is 4.90 Å². The molecule has 3 nitrogen and oxygen atoms in total. The van der Waals surface area contributed by atoms with Crippen LogP contribution >= 0.6 is 0 Å². The first-order valence-corrected chi connectivity index (χ1v) is 15.9. The number of aliphatic hydroxyl groups is 1. The molecule has 0 aliphatic heterocycles. The number of hydrogen-bond acceptors (Lipinski definition) is 3. The van der Waals surface area contributed by atoms with Crippen LogP contribution in [0.3, 0.4) is 0 Å². The number of likely N-dealkylation sites (N-methyl/N-ethyl adjacent to an activating group) is 1. The fourth-order valence-electron chi connectivity index (χ4n) is 4.53. The van der Waals surface area contributed by atoms with Gasteiger partial charge in [-0.25, -0.2) is 0 Å². The van der Waals surface area contributed by atoms with E-state index in [1.807, 2.05) is 25.1 Å². The Kier molecular flexibility index (Phi) is 28.4. The SMILES string of the molecule is CCCCCCCCC=CCCCCCCCCOCC(=CC(O)N(C)C)CCCCCCCCC. The van der Waals surface area contributed by atoms with Crippen LogP contribution in [0.4, 0.5) is 0 Å². The lowest BCUT2D eigenvalue weighted by molar-refractivity contribution is 0.0804. The van der Waals surface area contributed by atoms with Gasteiger partial charge in [0.25, 0.3) is 0 Å². The molecule has 0 aromatic rings. The summed E-state index contributed by atoms with van der Waals surface area (Å²) in [6.07, 6.45) is 35.3. The molecule has 1 unspecified atom stereocenters. The Morgan fingerprint density at radius 2 is 1.08 bits per heavy atom. The van der Waals surface area contributed by atoms with E-state index in [0.717, 1.165) is 19.4 Å². The van der Waals surface area contributed by atoms with Crippen molar-refractivity contribution in [2.75, 3.05) is 27.3 Å². The van der Waals surface area contributed by atoms with Gasteiger partial charge in [0, 0.05) is 6.61 Å². The van der Waals surface area contributed by atoms with E-state index in [2.05, 4.69) is 26.0 Å². The van der Waals surface area contributed by atoms with Crippen molar-refractivity contribution in [2.24, 2.45) is 0 Å². The van der Waals surface area contributed by atoms with Crippen LogP contribution in [0.2, 0.25) is 0 Å². The molecule has 0 bridgehead atoms. The van der Waals surface area contributed by atoms with Gasteiger partial charge >= 0.3 is 0 Å². The molecule has 0 amide bonds. The average Bonchev–Trinajstić information content (AvgIpc) is 2.87. The van der Waals surface area contributed by atoms with Crippen molar-refractivity contribution < 1.29 is 9.84 Å². The average molecular weight is 508 g/mol. The predicted octanol–water partition coefficient (Wildman–Crippen LogP) is 9.99. The third-order valence-electron chi connectivity index (χ3n) is 7.10. The van der Waals surface area contributed by atoms with Gasteiger partial charge in [-0.3, -0.25) is 4.90 Å². The minimum absolute atomic E-state index is 0.515. The first-order chi connectivity index (χ1) is 17.6. The van der Waals surface area contributed by atoms with Gasteiger partial charge in [-0.05, 0) is 70.7 Å². The Morgan fingerprint density at radius 3 is 1.58 bits per heavy atom. The molecule has 0 aliphatic carbocycles. The molecule has 1 atom stereocenters. The van der Waals surface area contributed by atoms with Crippen LogP contribution in [0.15, 0.2) is 23.8 Å². The standard InChI is InChI=1S/C33H65NO2/c1-5-7-9-11-13-14-15-16-17-18-19-20-21-23-25-27-29-36-31-32(30-33(35)34(3)4)28-26-24-22-12-10-8-6-2/h16-17,30,33,35H,5-15,18-29,31H2,1-4H3. The zero-order chi connectivity index (χ0) is 26.5. The molecule has 0 radical (unpaired) electrons. The van der Waals surface area contributed by atoms with Gasteiger partial charge in [0.15, 0.2) is 0 Å². The summed E-state index contributed by atoms with van der Waals surface area (Å²) in [5.41, 5.74) is 1.26. The molecule has 0 spiro atoms. The van der Waals surface area contributed by atoms with Crippen molar-refractivity contribution in [3.8, 4) is 0 Å². The minimum atomic E-state index is -0.515. The topological polar surface area (TPSA) is 32.7 Å². The minimum Gasteiger partial charge on any atom is -0.377 e. The lowest BCUT2D eigenvalue weighted by Gasteiger charge is -2.17. The Balaban J connectivity index is 3.71. The smallest absolute Gasteiger partial charge is 0.126 e. The fraction of sp³-hybridized carbons (Fsp3) is 0.879. The second-order valence-electron chi connectivity index (χ2n) is 11.1. The van der Waals surface area contributed by atoms with E-state index in [1.165, 1.54) is 134 Å². The highest BCUT2D eigenvalue weighted by Crippen LogP contribution is 2.15. The number of unbranched alkanes of at least 4 members (excludes halogenated alkanes) is 18. The molecule has 0 aliphatic rings. The number of rotatable bonds is 28. The predicted molar refractivity (Wildman–Crippen MR) is 161 cm³/mol. The van der Waals surface area contributed by atoms with Gasteiger partial charge in [0.2, 0.25) is 0 Å². The maximum atomic E-state index is 10.2. The van der Waals surface area contributed by atoms with Crippen LogP contribution in [0.1, 0.15) is 155 Å². The summed E-state index contributed by atoms with van der Waals surface area (Å²) in [6, 6.07) is 0. The van der Waals surface area contributed by atoms with E-state index in [0.29, 0.717) is 6.61 Å². The summed E-state index contributed by atoms with van der Waals surface area (Å²) in [5.74, 6) is 0. The van der Waals surface area contributed by atoms with Crippen molar-refractivity contribution in [3.05, 3.63) is 23.8 Å². The summed E-state index contributed by atoms with van der Waals surface area (Å²) in [6.45, 7) is 6.06. The number of ether oxygens (including phenoxy) is 1. The molecule has 1 N–H and O–H groups in total. The molecule has 214 valence electrons. The van der Waals surface area contributed by atoms with E-state index < -0.39 is 6.23 Å². The fourth-order valence-corrected chi connectivity index (χ4v) is 4.53. The maximum Gasteiger partial charge on any atom is 0.126 e. The van der Waals surface area contributed by atoms with Crippen molar-refractivity contribution in [2.45, 2.75) is 161 Å². The molecule has 3 heteroatoms. The van der Waals surface area contributed by atoms with Crippen molar-refractivity contribution in [1.29, 1.82) is 0 Å². The molecule has 0 saturated heterocycles. The molecular weight excluding hydrogens is 442 g/mol. The quantitative estimate of drug-likeness (QED) is 0.0649. The van der Waals surface area contributed by atoms with E-state index in [1.54, 1.807) is 0 Å². The van der Waals surface area contributed by atoms with Gasteiger partial charge < -0.3 is 9.84 Å². The van der Waals surface area contributed by atoms with Crippen LogP contribution in [-0.4, -0.2) is 43.5 Å². The molecule has 0 aromatic heterocycles. The number of aliphatic hydroxyl groups excluding tert-OH is 1. The van der Waals surface area contributed by atoms with E-state index in [4.69, 9.17) is 4.74 Å². The molecule has 0 aromatic carbocycles. The van der Waals surface area contributed by atoms with Gasteiger partial charge in [0.1, 0.15) is 6.23 Å². The highest BCUT2D eigenvalue weighted by atomic mass is 16.5. The summed E-state index contributed by atoms with van der Waals surface area (Å²) < 4.78 is 6.00. The molecule has 0 rings (SSSR count). The number of allylic oxidation sites excluding steroid dienone is 2. The van der Waals surface area contributed by atoms with E-state index in [-0.39, 0.29) is 0 Å². The summed E-state index contributed by atoms with van der Waals surface area (Å²) in [5, 5.41) is 10.2. The lowest BCUT2D eigenvalue weighted by Crippen LogP contribution is -2.26. The van der Waals surface area contributed by atoms with Crippen molar-refractivity contribution >= 4 is 0 Å². The summed E-state index contributed by atoms with van der Waals surface area (Å²) >= 11 is 0. The first kappa shape index (κ1) is 35.4. The Bertz CT molecular complexity index is 486. The van der Waals surface area contributed by atoms with Crippen LogP contribution in [0, 0.1) is 0 Å². The largest absolute Gasteiger partial charge is 0.377 e. The zero-order valence-corrected chi connectivity index (χ0v) is 25.1. The van der Waals surface area contributed by atoms with E-state index in [9.17, 15) is 5.11 Å². The number of hydrogen-bond donors (Lipinski definition) is 1. The summed E-state index contributed by atoms with van der Waals surface area (Å²) in [4.78, 5) is 1.84. The van der Waals surface area contributed by atoms with E-state index >= 15 is 0 Å². The molecule has 0 saturated carbocycles. The highest BCUT2D eigenvalue weighted by molar-refractivity contribution is 5.05. The van der Waals surface area contributed by atoms with Crippen molar-refractivity contribution in [3.63, 3.8) is 0 Å². The van der Waals surface area contributed by atoms with Crippen LogP contribution in [-0.2, 0) is 4.74 Å².